The van der Waals surface area contributed by atoms with E-state index in [2.05, 4.69) is 0 Å². The van der Waals surface area contributed by atoms with Gasteiger partial charge < -0.3 is 16.2 Å². The van der Waals surface area contributed by atoms with Gasteiger partial charge in [0.2, 0.25) is 0 Å². The molecule has 1 aliphatic rings. The molecule has 4 rings (SSSR count). The van der Waals surface area contributed by atoms with Crippen molar-refractivity contribution in [3.05, 3.63) is 87.8 Å². The molecule has 1 aliphatic heterocycles. The molecule has 0 unspecified atom stereocenters. The number of fused-ring (bicyclic) bond motifs is 2. The molecule has 0 fully saturated rings. The van der Waals surface area contributed by atoms with Gasteiger partial charge in [-0.05, 0) is 35.0 Å². The Kier molecular flexibility index (Phi) is 4.43. The van der Waals surface area contributed by atoms with Gasteiger partial charge in [0.1, 0.15) is 16.4 Å². The van der Waals surface area contributed by atoms with E-state index in [9.17, 15) is 13.0 Å². The van der Waals surface area contributed by atoms with Crippen molar-refractivity contribution in [1.82, 2.24) is 0 Å². The van der Waals surface area contributed by atoms with Gasteiger partial charge in [-0.15, -0.1) is 0 Å². The molecule has 0 bridgehead atoms. The molecule has 0 amide bonds. The molecule has 0 saturated carbocycles. The standard InChI is InChI=1S/C21H18N2O4S/c22-11-13-5-7-15-18(9-13)27-19-10-14(12-23)6-8-16(19)21(15)17-3-1-2-4-20(17)28(24,25)26/h1-11H,12,22-23H2,(H,24,25,26)/b13-11+. The number of rotatable bonds is 3. The summed E-state index contributed by atoms with van der Waals surface area (Å²) in [6, 6.07) is 17.3. The first-order valence-electron chi connectivity index (χ1n) is 8.57. The highest BCUT2D eigenvalue weighted by atomic mass is 32.2. The summed E-state index contributed by atoms with van der Waals surface area (Å²) in [7, 11) is -4.42. The topological polar surface area (TPSA) is 116 Å². The van der Waals surface area contributed by atoms with E-state index < -0.39 is 10.1 Å². The van der Waals surface area contributed by atoms with E-state index in [4.69, 9.17) is 16.2 Å². The molecule has 6 nitrogen and oxygen atoms in total. The van der Waals surface area contributed by atoms with E-state index in [1.807, 2.05) is 30.3 Å². The average Bonchev–Trinajstić information content (AvgIpc) is 2.70. The van der Waals surface area contributed by atoms with Crippen LogP contribution in [0.1, 0.15) is 16.7 Å². The van der Waals surface area contributed by atoms with E-state index in [1.54, 1.807) is 24.3 Å². The third-order valence-corrected chi connectivity index (χ3v) is 5.58. The lowest BCUT2D eigenvalue weighted by Gasteiger charge is -2.22. The van der Waals surface area contributed by atoms with Gasteiger partial charge in [-0.25, -0.2) is 0 Å². The van der Waals surface area contributed by atoms with Crippen LogP contribution in [0.5, 0.6) is 11.5 Å². The van der Waals surface area contributed by atoms with Crippen molar-refractivity contribution in [3.8, 4) is 11.5 Å². The fourth-order valence-electron chi connectivity index (χ4n) is 3.37. The SMILES string of the molecule is N/C=c1\ccc2c(c1)Oc1cc(CN)ccc1C=2c1ccccc1S(=O)(=O)O. The maximum atomic E-state index is 12.0. The predicted molar refractivity (Wildman–Crippen MR) is 107 cm³/mol. The number of benzene rings is 3. The largest absolute Gasteiger partial charge is 0.456 e. The Morgan fingerprint density at radius 1 is 0.964 bits per heavy atom. The van der Waals surface area contributed by atoms with Crippen LogP contribution < -0.4 is 26.6 Å². The first kappa shape index (κ1) is 18.2. The minimum atomic E-state index is -4.42. The van der Waals surface area contributed by atoms with Crippen LogP contribution >= 0.6 is 0 Å². The van der Waals surface area contributed by atoms with Crippen molar-refractivity contribution in [2.24, 2.45) is 11.5 Å². The lowest BCUT2D eigenvalue weighted by atomic mass is 9.92. The summed E-state index contributed by atoms with van der Waals surface area (Å²) in [6.45, 7) is 0.344. The molecule has 142 valence electrons. The van der Waals surface area contributed by atoms with Gasteiger partial charge in [-0.2, -0.15) is 8.42 Å². The van der Waals surface area contributed by atoms with Crippen LogP contribution in [0.4, 0.5) is 0 Å². The minimum Gasteiger partial charge on any atom is -0.456 e. The van der Waals surface area contributed by atoms with Gasteiger partial charge in [0, 0.05) is 34.7 Å². The fourth-order valence-corrected chi connectivity index (χ4v) is 4.07. The number of hydrogen-bond donors (Lipinski definition) is 3. The Morgan fingerprint density at radius 3 is 2.46 bits per heavy atom. The maximum Gasteiger partial charge on any atom is 0.295 e. The van der Waals surface area contributed by atoms with Gasteiger partial charge in [0.25, 0.3) is 10.1 Å². The van der Waals surface area contributed by atoms with E-state index in [-0.39, 0.29) is 4.90 Å². The highest BCUT2D eigenvalue weighted by Crippen LogP contribution is 2.38. The summed E-state index contributed by atoms with van der Waals surface area (Å²) in [5.41, 5.74) is 14.0. The third kappa shape index (κ3) is 3.05. The first-order chi connectivity index (χ1) is 13.4. The zero-order valence-corrected chi connectivity index (χ0v) is 15.6. The van der Waals surface area contributed by atoms with Crippen molar-refractivity contribution in [3.63, 3.8) is 0 Å². The average molecular weight is 394 g/mol. The Labute approximate surface area is 162 Å². The Bertz CT molecular complexity index is 1310. The van der Waals surface area contributed by atoms with Crippen LogP contribution in [-0.4, -0.2) is 13.0 Å². The summed E-state index contributed by atoms with van der Waals surface area (Å²) >= 11 is 0. The molecule has 5 N–H and O–H groups in total. The number of nitrogens with two attached hydrogens (primary N) is 2. The zero-order chi connectivity index (χ0) is 19.9. The lowest BCUT2D eigenvalue weighted by Crippen LogP contribution is -2.21. The molecule has 0 atom stereocenters. The molecule has 0 spiro atoms. The quantitative estimate of drug-likeness (QED) is 0.453. The normalized spacial score (nSPS) is 13.6. The van der Waals surface area contributed by atoms with E-state index in [1.165, 1.54) is 12.3 Å². The summed E-state index contributed by atoms with van der Waals surface area (Å²) in [6.07, 6.45) is 1.46. The molecule has 0 aliphatic carbocycles. The fraction of sp³-hybridized carbons (Fsp3) is 0.0476. The number of hydrogen-bond acceptors (Lipinski definition) is 5. The number of ether oxygens (including phenoxy) is 1. The van der Waals surface area contributed by atoms with Crippen molar-refractivity contribution < 1.29 is 17.7 Å². The molecule has 0 radical (unpaired) electrons. The van der Waals surface area contributed by atoms with Crippen molar-refractivity contribution in [2.45, 2.75) is 11.4 Å². The Morgan fingerprint density at radius 2 is 1.75 bits per heavy atom. The van der Waals surface area contributed by atoms with Crippen molar-refractivity contribution in [2.75, 3.05) is 0 Å². The molecule has 0 saturated heterocycles. The highest BCUT2D eigenvalue weighted by Gasteiger charge is 2.25. The van der Waals surface area contributed by atoms with E-state index in [0.29, 0.717) is 40.0 Å². The lowest BCUT2D eigenvalue weighted by molar-refractivity contribution is 0.470. The maximum absolute atomic E-state index is 12.0. The van der Waals surface area contributed by atoms with Crippen LogP contribution in [0.3, 0.4) is 0 Å². The van der Waals surface area contributed by atoms with Crippen LogP contribution in [0.25, 0.3) is 11.8 Å². The van der Waals surface area contributed by atoms with Crippen molar-refractivity contribution >= 4 is 21.9 Å². The molecule has 7 heteroatoms. The Hall–Kier alpha value is -3.13. The molecule has 28 heavy (non-hydrogen) atoms. The van der Waals surface area contributed by atoms with Crippen molar-refractivity contribution in [1.29, 1.82) is 0 Å². The van der Waals surface area contributed by atoms with Crippen LogP contribution in [-0.2, 0) is 16.7 Å². The molecule has 3 aromatic carbocycles. The van der Waals surface area contributed by atoms with E-state index in [0.717, 1.165) is 10.8 Å². The van der Waals surface area contributed by atoms with Gasteiger partial charge in [0.15, 0.2) is 0 Å². The summed E-state index contributed by atoms with van der Waals surface area (Å²) in [4.78, 5) is -0.166. The summed E-state index contributed by atoms with van der Waals surface area (Å²) in [5.74, 6) is 1.10. The summed E-state index contributed by atoms with van der Waals surface area (Å²) < 4.78 is 39.8. The summed E-state index contributed by atoms with van der Waals surface area (Å²) in [5, 5.41) is 1.47. The zero-order valence-electron chi connectivity index (χ0n) is 14.8. The second-order valence-corrected chi connectivity index (χ2v) is 7.80. The predicted octanol–water partition coefficient (Wildman–Crippen LogP) is 1.44. The smallest absolute Gasteiger partial charge is 0.295 e. The highest BCUT2D eigenvalue weighted by molar-refractivity contribution is 7.86. The second-order valence-electron chi connectivity index (χ2n) is 6.41. The Balaban J connectivity index is 2.15. The molecular formula is C21H18N2O4S. The van der Waals surface area contributed by atoms with Crippen LogP contribution in [0, 0.1) is 0 Å². The van der Waals surface area contributed by atoms with Crippen LogP contribution in [0.15, 0.2) is 65.6 Å². The third-order valence-electron chi connectivity index (χ3n) is 4.67. The minimum absolute atomic E-state index is 0.166. The molecule has 0 aromatic heterocycles. The molecule has 1 heterocycles. The van der Waals surface area contributed by atoms with Gasteiger partial charge in [-0.3, -0.25) is 4.55 Å². The monoisotopic (exact) mass is 394 g/mol. The van der Waals surface area contributed by atoms with E-state index >= 15 is 0 Å². The first-order valence-corrected chi connectivity index (χ1v) is 10.0. The van der Waals surface area contributed by atoms with Gasteiger partial charge in [-0.1, -0.05) is 36.4 Å². The molecule has 3 aromatic rings. The van der Waals surface area contributed by atoms with Gasteiger partial charge >= 0.3 is 0 Å². The second kappa shape index (κ2) is 6.79. The van der Waals surface area contributed by atoms with Crippen LogP contribution in [0.2, 0.25) is 0 Å². The van der Waals surface area contributed by atoms with Gasteiger partial charge in [0.05, 0.1) is 0 Å². The molecular weight excluding hydrogens is 376 g/mol.